The predicted molar refractivity (Wildman–Crippen MR) is 105 cm³/mol. The molecule has 2 aromatic carbocycles. The number of hydrogen-bond acceptors (Lipinski definition) is 3. The molecule has 0 aliphatic carbocycles. The van der Waals surface area contributed by atoms with Gasteiger partial charge in [0.1, 0.15) is 16.4 Å². The van der Waals surface area contributed by atoms with E-state index in [0.29, 0.717) is 6.54 Å². The Bertz CT molecular complexity index is 911. The molecule has 4 nitrogen and oxygen atoms in total. The summed E-state index contributed by atoms with van der Waals surface area (Å²) in [7, 11) is 0. The van der Waals surface area contributed by atoms with Crippen LogP contribution in [0.2, 0.25) is 0 Å². The average molecular weight is 381 g/mol. The third-order valence-corrected chi connectivity index (χ3v) is 6.10. The minimum absolute atomic E-state index is 0.327. The Morgan fingerprint density at radius 1 is 1.04 bits per heavy atom. The molecule has 27 heavy (non-hydrogen) atoms. The van der Waals surface area contributed by atoms with Crippen molar-refractivity contribution >= 4 is 17.6 Å². The van der Waals surface area contributed by atoms with Crippen molar-refractivity contribution in [2.45, 2.75) is 36.8 Å². The number of aromatic nitrogens is 2. The van der Waals surface area contributed by atoms with Gasteiger partial charge in [-0.1, -0.05) is 60.7 Å². The molecule has 2 heterocycles. The molecule has 5 heteroatoms. The van der Waals surface area contributed by atoms with Gasteiger partial charge in [0.15, 0.2) is 0 Å². The Morgan fingerprint density at radius 3 is 2.07 bits per heavy atom. The van der Waals surface area contributed by atoms with Crippen molar-refractivity contribution in [1.82, 2.24) is 9.78 Å². The second-order valence-electron chi connectivity index (χ2n) is 7.11. The minimum Gasteiger partial charge on any atom is -0.457 e. The van der Waals surface area contributed by atoms with E-state index in [1.807, 2.05) is 85.3 Å². The number of halogens is 1. The Balaban J connectivity index is 1.88. The Morgan fingerprint density at radius 2 is 1.59 bits per heavy atom. The maximum Gasteiger partial charge on any atom is 0.323 e. The first-order valence-electron chi connectivity index (χ1n) is 8.97. The number of hydrogen-bond donors (Lipinski definition) is 0. The van der Waals surface area contributed by atoms with Gasteiger partial charge in [0.25, 0.3) is 0 Å². The van der Waals surface area contributed by atoms with Gasteiger partial charge in [0, 0.05) is 11.9 Å². The van der Waals surface area contributed by atoms with Gasteiger partial charge in [0.05, 0.1) is 6.54 Å². The number of rotatable bonds is 4. The highest BCUT2D eigenvalue weighted by Crippen LogP contribution is 2.54. The Kier molecular flexibility index (Phi) is 4.31. The summed E-state index contributed by atoms with van der Waals surface area (Å²) in [5, 5.41) is 4.33. The second kappa shape index (κ2) is 6.54. The fourth-order valence-electron chi connectivity index (χ4n) is 4.07. The first-order valence-corrected chi connectivity index (χ1v) is 9.35. The topological polar surface area (TPSA) is 44.1 Å². The van der Waals surface area contributed by atoms with Gasteiger partial charge in [0.2, 0.25) is 0 Å². The van der Waals surface area contributed by atoms with Crippen molar-refractivity contribution in [1.29, 1.82) is 0 Å². The molecule has 0 radical (unpaired) electrons. The van der Waals surface area contributed by atoms with Crippen LogP contribution < -0.4 is 0 Å². The zero-order valence-electron chi connectivity index (χ0n) is 15.3. The molecule has 1 fully saturated rings. The molecule has 0 bridgehead atoms. The lowest BCUT2D eigenvalue weighted by Gasteiger charge is -2.38. The molecular weight excluding hydrogens is 360 g/mol. The van der Waals surface area contributed by atoms with E-state index in [2.05, 4.69) is 5.10 Å². The third kappa shape index (κ3) is 2.59. The number of nitrogens with zero attached hydrogens (tertiary/aromatic N) is 2. The normalized spacial score (nSPS) is 24.0. The lowest BCUT2D eigenvalue weighted by atomic mass is 9.65. The van der Waals surface area contributed by atoms with E-state index in [1.54, 1.807) is 6.20 Å². The maximum absolute atomic E-state index is 13.4. The van der Waals surface area contributed by atoms with Crippen molar-refractivity contribution in [3.05, 3.63) is 89.7 Å². The molecule has 0 N–H and O–H groups in total. The highest BCUT2D eigenvalue weighted by atomic mass is 35.5. The summed E-state index contributed by atoms with van der Waals surface area (Å²) in [4.78, 5) is 12.4. The number of carbonyl (C=O) groups excluding carboxylic acids is 1. The number of ether oxygens (including phenoxy) is 1. The maximum atomic E-state index is 13.4. The van der Waals surface area contributed by atoms with Crippen LogP contribution in [0, 0.1) is 6.92 Å². The number of benzene rings is 2. The van der Waals surface area contributed by atoms with Crippen LogP contribution >= 0.6 is 11.6 Å². The molecule has 0 spiro atoms. The van der Waals surface area contributed by atoms with Crippen LogP contribution in [0.15, 0.2) is 72.9 Å². The molecule has 0 saturated carbocycles. The summed E-state index contributed by atoms with van der Waals surface area (Å²) >= 11 is 7.20. The summed E-state index contributed by atoms with van der Waals surface area (Å²) in [6, 6.07) is 21.2. The quantitative estimate of drug-likeness (QED) is 0.505. The van der Waals surface area contributed by atoms with Gasteiger partial charge in [-0.15, -0.1) is 11.6 Å². The molecule has 1 aromatic heterocycles. The molecule has 2 atom stereocenters. The van der Waals surface area contributed by atoms with Crippen molar-refractivity contribution < 1.29 is 9.53 Å². The molecule has 3 aromatic rings. The molecular formula is C22H21ClN2O2. The smallest absolute Gasteiger partial charge is 0.323 e. The van der Waals surface area contributed by atoms with E-state index in [-0.39, 0.29) is 5.97 Å². The number of cyclic esters (lactones) is 1. The van der Waals surface area contributed by atoms with E-state index < -0.39 is 16.4 Å². The number of alkyl halides is 1. The van der Waals surface area contributed by atoms with Crippen LogP contribution in [0.1, 0.15) is 23.7 Å². The van der Waals surface area contributed by atoms with Crippen LogP contribution in [0.25, 0.3) is 0 Å². The van der Waals surface area contributed by atoms with E-state index >= 15 is 0 Å². The molecule has 1 saturated heterocycles. The third-order valence-electron chi connectivity index (χ3n) is 5.57. The average Bonchev–Trinajstić information content (AvgIpc) is 3.16. The van der Waals surface area contributed by atoms with Gasteiger partial charge < -0.3 is 4.74 Å². The molecule has 4 rings (SSSR count). The molecule has 138 valence electrons. The fourth-order valence-corrected chi connectivity index (χ4v) is 4.48. The van der Waals surface area contributed by atoms with Gasteiger partial charge in [-0.25, -0.2) is 0 Å². The van der Waals surface area contributed by atoms with E-state index in [9.17, 15) is 4.79 Å². The zero-order valence-corrected chi connectivity index (χ0v) is 16.1. The van der Waals surface area contributed by atoms with Crippen molar-refractivity contribution in [3.63, 3.8) is 0 Å². The lowest BCUT2D eigenvalue weighted by molar-refractivity contribution is -0.145. The zero-order chi connectivity index (χ0) is 19.1. The van der Waals surface area contributed by atoms with E-state index in [1.165, 1.54) is 0 Å². The van der Waals surface area contributed by atoms with E-state index in [0.717, 1.165) is 16.8 Å². The number of carbonyl (C=O) groups is 1. The first kappa shape index (κ1) is 17.8. The summed E-state index contributed by atoms with van der Waals surface area (Å²) in [5.74, 6) is -0.327. The van der Waals surface area contributed by atoms with Gasteiger partial charge in [-0.3, -0.25) is 9.48 Å². The SMILES string of the molecule is Cc1ccnn1CC1OC(=O)C(c2ccccc2)(c2ccccc2)C1(C)Cl. The number of aryl methyl sites for hydroxylation is 1. The summed E-state index contributed by atoms with van der Waals surface area (Å²) in [6.07, 6.45) is 1.21. The Hall–Kier alpha value is -2.59. The van der Waals surface area contributed by atoms with Crippen LogP contribution in [-0.4, -0.2) is 26.7 Å². The van der Waals surface area contributed by atoms with Crippen molar-refractivity contribution in [3.8, 4) is 0 Å². The highest BCUT2D eigenvalue weighted by Gasteiger charge is 2.66. The van der Waals surface area contributed by atoms with Crippen molar-refractivity contribution in [2.75, 3.05) is 0 Å². The summed E-state index contributed by atoms with van der Waals surface area (Å²) in [5.41, 5.74) is 1.57. The van der Waals surface area contributed by atoms with Crippen LogP contribution in [0.5, 0.6) is 0 Å². The number of esters is 1. The van der Waals surface area contributed by atoms with Crippen LogP contribution in [0.3, 0.4) is 0 Å². The second-order valence-corrected chi connectivity index (χ2v) is 7.89. The largest absolute Gasteiger partial charge is 0.457 e. The van der Waals surface area contributed by atoms with Gasteiger partial charge >= 0.3 is 5.97 Å². The van der Waals surface area contributed by atoms with Crippen LogP contribution in [0.4, 0.5) is 0 Å². The van der Waals surface area contributed by atoms with Crippen LogP contribution in [-0.2, 0) is 21.5 Å². The summed E-state index contributed by atoms with van der Waals surface area (Å²) < 4.78 is 7.72. The van der Waals surface area contributed by atoms with E-state index in [4.69, 9.17) is 16.3 Å². The van der Waals surface area contributed by atoms with Gasteiger partial charge in [-0.2, -0.15) is 5.10 Å². The Labute approximate surface area is 163 Å². The molecule has 1 aliphatic heterocycles. The van der Waals surface area contributed by atoms with Crippen molar-refractivity contribution in [2.24, 2.45) is 0 Å². The fraction of sp³-hybridized carbons (Fsp3) is 0.273. The molecule has 2 unspecified atom stereocenters. The highest BCUT2D eigenvalue weighted by molar-refractivity contribution is 6.29. The molecule has 1 aliphatic rings. The monoisotopic (exact) mass is 380 g/mol. The lowest BCUT2D eigenvalue weighted by Crippen LogP contribution is -2.51. The minimum atomic E-state index is -1.09. The summed E-state index contributed by atoms with van der Waals surface area (Å²) in [6.45, 7) is 4.27. The van der Waals surface area contributed by atoms with Gasteiger partial charge in [-0.05, 0) is 31.0 Å². The predicted octanol–water partition coefficient (Wildman–Crippen LogP) is 4.10. The molecule has 0 amide bonds. The standard InChI is InChI=1S/C22H21ClN2O2/c1-16-13-14-24-25(16)15-19-21(2,23)22(20(26)27-19,17-9-5-3-6-10-17)18-11-7-4-8-12-18/h3-14,19H,15H2,1-2H3. The first-order chi connectivity index (χ1) is 13.0.